The highest BCUT2D eigenvalue weighted by atomic mass is 32.2. The van der Waals surface area contributed by atoms with Crippen molar-refractivity contribution in [3.05, 3.63) is 66.2 Å². The zero-order chi connectivity index (χ0) is 15.8. The molecule has 4 aromatic rings. The molecular weight excluding hydrogens is 296 g/mol. The summed E-state index contributed by atoms with van der Waals surface area (Å²) >= 11 is 1.80. The summed E-state index contributed by atoms with van der Waals surface area (Å²) in [5.41, 5.74) is 1.43. The first-order chi connectivity index (χ1) is 11.3. The Morgan fingerprint density at radius 2 is 1.30 bits per heavy atom. The van der Waals surface area contributed by atoms with Crippen molar-refractivity contribution in [3.63, 3.8) is 0 Å². The standard InChI is InChI=1S/C22H20S/c1-3-4-15-5-9-19-16(13-15)6-10-22-20-12-8-18(23-2)14-17(20)7-11-21(19)22/h5-14H,3-4H2,1-2H3. The minimum Gasteiger partial charge on any atom is -0.130 e. The van der Waals surface area contributed by atoms with Gasteiger partial charge in [0.15, 0.2) is 0 Å². The fourth-order valence-electron chi connectivity index (χ4n) is 3.49. The van der Waals surface area contributed by atoms with E-state index in [9.17, 15) is 0 Å². The lowest BCUT2D eigenvalue weighted by molar-refractivity contribution is 0.924. The molecule has 0 aliphatic rings. The van der Waals surface area contributed by atoms with Crippen molar-refractivity contribution in [1.82, 2.24) is 0 Å². The summed E-state index contributed by atoms with van der Waals surface area (Å²) in [6.45, 7) is 2.24. The number of aryl methyl sites for hydroxylation is 1. The van der Waals surface area contributed by atoms with Crippen LogP contribution in [0.2, 0.25) is 0 Å². The number of rotatable bonds is 3. The number of fused-ring (bicyclic) bond motifs is 5. The average Bonchev–Trinajstić information content (AvgIpc) is 2.60. The van der Waals surface area contributed by atoms with Gasteiger partial charge in [-0.05, 0) is 62.7 Å². The lowest BCUT2D eigenvalue weighted by Gasteiger charge is -2.10. The van der Waals surface area contributed by atoms with E-state index >= 15 is 0 Å². The molecule has 1 heteroatoms. The van der Waals surface area contributed by atoms with Gasteiger partial charge < -0.3 is 0 Å². The normalized spacial score (nSPS) is 11.6. The molecule has 0 spiro atoms. The first kappa shape index (κ1) is 14.6. The van der Waals surface area contributed by atoms with Crippen LogP contribution in [-0.2, 0) is 6.42 Å². The molecule has 0 atom stereocenters. The van der Waals surface area contributed by atoms with E-state index in [0.717, 1.165) is 6.42 Å². The first-order valence-corrected chi connectivity index (χ1v) is 9.45. The van der Waals surface area contributed by atoms with Gasteiger partial charge in [0.2, 0.25) is 0 Å². The molecule has 0 radical (unpaired) electrons. The molecule has 0 nitrogen and oxygen atoms in total. The van der Waals surface area contributed by atoms with Gasteiger partial charge in [-0.2, -0.15) is 0 Å². The predicted molar refractivity (Wildman–Crippen MR) is 105 cm³/mol. The Morgan fingerprint density at radius 1 is 0.696 bits per heavy atom. The predicted octanol–water partition coefficient (Wildman–Crippen LogP) is 6.82. The van der Waals surface area contributed by atoms with Gasteiger partial charge in [0, 0.05) is 4.90 Å². The number of thioether (sulfide) groups is 1. The molecule has 0 aliphatic heterocycles. The van der Waals surface area contributed by atoms with E-state index in [4.69, 9.17) is 0 Å². The molecule has 0 heterocycles. The van der Waals surface area contributed by atoms with Gasteiger partial charge in [0.1, 0.15) is 0 Å². The Balaban J connectivity index is 2.01. The van der Waals surface area contributed by atoms with Gasteiger partial charge in [0.25, 0.3) is 0 Å². The molecule has 0 aromatic heterocycles. The maximum absolute atomic E-state index is 2.35. The van der Waals surface area contributed by atoms with Crippen LogP contribution in [0, 0.1) is 0 Å². The van der Waals surface area contributed by atoms with Gasteiger partial charge in [-0.25, -0.2) is 0 Å². The Morgan fingerprint density at radius 3 is 1.96 bits per heavy atom. The SMILES string of the molecule is CCCc1ccc2c(ccc3c4ccc(SC)cc4ccc23)c1. The van der Waals surface area contributed by atoms with E-state index in [1.807, 2.05) is 0 Å². The quantitative estimate of drug-likeness (QED) is 0.295. The van der Waals surface area contributed by atoms with E-state index in [-0.39, 0.29) is 0 Å². The summed E-state index contributed by atoms with van der Waals surface area (Å²) in [6, 6.07) is 22.8. The Bertz CT molecular complexity index is 1010. The minimum absolute atomic E-state index is 1.16. The van der Waals surface area contributed by atoms with Crippen LogP contribution in [0.4, 0.5) is 0 Å². The van der Waals surface area contributed by atoms with E-state index in [0.29, 0.717) is 0 Å². The van der Waals surface area contributed by atoms with E-state index in [2.05, 4.69) is 73.8 Å². The molecule has 0 aliphatic carbocycles. The maximum Gasteiger partial charge on any atom is 0.00755 e. The van der Waals surface area contributed by atoms with Gasteiger partial charge >= 0.3 is 0 Å². The number of hydrogen-bond donors (Lipinski definition) is 0. The van der Waals surface area contributed by atoms with Crippen LogP contribution in [0.25, 0.3) is 32.3 Å². The summed E-state index contributed by atoms with van der Waals surface area (Å²) in [5.74, 6) is 0. The maximum atomic E-state index is 2.35. The lowest BCUT2D eigenvalue weighted by Crippen LogP contribution is -1.85. The topological polar surface area (TPSA) is 0 Å². The second-order valence-electron chi connectivity index (χ2n) is 6.12. The lowest BCUT2D eigenvalue weighted by atomic mass is 9.95. The monoisotopic (exact) mass is 316 g/mol. The van der Waals surface area contributed by atoms with Gasteiger partial charge in [-0.15, -0.1) is 11.8 Å². The second-order valence-corrected chi connectivity index (χ2v) is 7.00. The molecule has 114 valence electrons. The van der Waals surface area contributed by atoms with Crippen molar-refractivity contribution < 1.29 is 0 Å². The largest absolute Gasteiger partial charge is 0.130 e. The van der Waals surface area contributed by atoms with Crippen molar-refractivity contribution >= 4 is 44.1 Å². The molecular formula is C22H20S. The molecule has 0 fully saturated rings. The summed E-state index contributed by atoms with van der Waals surface area (Å²) in [6.07, 6.45) is 4.48. The Kier molecular flexibility index (Phi) is 3.74. The smallest absolute Gasteiger partial charge is 0.00755 e. The van der Waals surface area contributed by atoms with Crippen molar-refractivity contribution in [3.8, 4) is 0 Å². The second kappa shape index (κ2) is 5.90. The third-order valence-corrected chi connectivity index (χ3v) is 5.37. The van der Waals surface area contributed by atoms with Crippen molar-refractivity contribution in [2.75, 3.05) is 6.26 Å². The van der Waals surface area contributed by atoms with E-state index in [1.54, 1.807) is 11.8 Å². The molecule has 0 unspecified atom stereocenters. The molecule has 4 aromatic carbocycles. The Labute approximate surface area is 141 Å². The molecule has 4 rings (SSSR count). The molecule has 0 amide bonds. The van der Waals surface area contributed by atoms with Crippen molar-refractivity contribution in [1.29, 1.82) is 0 Å². The summed E-state index contributed by atoms with van der Waals surface area (Å²) in [4.78, 5) is 1.32. The third-order valence-electron chi connectivity index (χ3n) is 4.64. The highest BCUT2D eigenvalue weighted by Crippen LogP contribution is 2.33. The molecule has 23 heavy (non-hydrogen) atoms. The summed E-state index contributed by atoms with van der Waals surface area (Å²) in [5, 5.41) is 8.09. The minimum atomic E-state index is 1.16. The Hall–Kier alpha value is -1.99. The van der Waals surface area contributed by atoms with Crippen LogP contribution in [0.5, 0.6) is 0 Å². The van der Waals surface area contributed by atoms with Gasteiger partial charge in [0.05, 0.1) is 0 Å². The van der Waals surface area contributed by atoms with Gasteiger partial charge in [-0.3, -0.25) is 0 Å². The van der Waals surface area contributed by atoms with Crippen LogP contribution in [0.3, 0.4) is 0 Å². The molecule has 0 saturated carbocycles. The highest BCUT2D eigenvalue weighted by molar-refractivity contribution is 7.98. The summed E-state index contributed by atoms with van der Waals surface area (Å²) < 4.78 is 0. The molecule has 0 bridgehead atoms. The van der Waals surface area contributed by atoms with Crippen molar-refractivity contribution in [2.24, 2.45) is 0 Å². The zero-order valence-electron chi connectivity index (χ0n) is 13.6. The highest BCUT2D eigenvalue weighted by Gasteiger charge is 2.06. The zero-order valence-corrected chi connectivity index (χ0v) is 14.4. The van der Waals surface area contributed by atoms with Crippen LogP contribution in [-0.4, -0.2) is 6.26 Å². The van der Waals surface area contributed by atoms with Crippen LogP contribution in [0.1, 0.15) is 18.9 Å². The third kappa shape index (κ3) is 2.49. The van der Waals surface area contributed by atoms with Crippen LogP contribution in [0.15, 0.2) is 65.6 Å². The van der Waals surface area contributed by atoms with E-state index < -0.39 is 0 Å². The fraction of sp³-hybridized carbons (Fsp3) is 0.182. The van der Waals surface area contributed by atoms with Crippen molar-refractivity contribution in [2.45, 2.75) is 24.7 Å². The van der Waals surface area contributed by atoms with Crippen LogP contribution < -0.4 is 0 Å². The van der Waals surface area contributed by atoms with E-state index in [1.165, 1.54) is 49.2 Å². The van der Waals surface area contributed by atoms with Gasteiger partial charge in [-0.1, -0.05) is 61.9 Å². The van der Waals surface area contributed by atoms with Crippen LogP contribution >= 0.6 is 11.8 Å². The average molecular weight is 316 g/mol. The molecule has 0 N–H and O–H groups in total. The summed E-state index contributed by atoms with van der Waals surface area (Å²) in [7, 11) is 0. The molecule has 0 saturated heterocycles. The first-order valence-electron chi connectivity index (χ1n) is 8.22. The fourth-order valence-corrected chi connectivity index (χ4v) is 3.93. The number of benzene rings is 4. The number of hydrogen-bond acceptors (Lipinski definition) is 1.